The molecule has 132 valence electrons. The molecule has 6 nitrogen and oxygen atoms in total. The Morgan fingerprint density at radius 3 is 2.71 bits per heavy atom. The second-order valence-electron chi connectivity index (χ2n) is 5.16. The molecule has 0 aliphatic carbocycles. The molecule has 0 saturated carbocycles. The second kappa shape index (κ2) is 7.08. The van der Waals surface area contributed by atoms with Crippen LogP contribution < -0.4 is 5.32 Å². The van der Waals surface area contributed by atoms with E-state index < -0.39 is 24.1 Å². The van der Waals surface area contributed by atoms with E-state index in [0.717, 1.165) is 4.57 Å². The largest absolute Gasteiger partial charge is 0.450 e. The number of benzene rings is 1. The number of amides is 1. The fourth-order valence-electron chi connectivity index (χ4n) is 2.42. The quantitative estimate of drug-likeness (QED) is 0.894. The Balaban J connectivity index is 2.52. The third-order valence-corrected chi connectivity index (χ3v) is 3.31. The van der Waals surface area contributed by atoms with Gasteiger partial charge >= 0.3 is 12.3 Å². The summed E-state index contributed by atoms with van der Waals surface area (Å²) in [5.41, 5.74) is 0.751. The number of imidazole rings is 1. The standard InChI is InChI=1S/C15H18F3N3O3/c1-4-24-14(22)19-10-5-6-11-12(7-10)21(9(2)8-23-3)13(20-11)15(16,17)18/h5-7,9H,4,8H2,1-3H3,(H,19,22)/t9-/m0/s1. The molecule has 1 aromatic carbocycles. The van der Waals surface area contributed by atoms with Crippen LogP contribution >= 0.6 is 0 Å². The molecule has 0 unspecified atom stereocenters. The summed E-state index contributed by atoms with van der Waals surface area (Å²) in [6, 6.07) is 3.73. The maximum absolute atomic E-state index is 13.3. The first-order valence-corrected chi connectivity index (χ1v) is 7.29. The number of anilines is 1. The van der Waals surface area contributed by atoms with Crippen molar-refractivity contribution in [2.45, 2.75) is 26.1 Å². The number of hydrogen-bond donors (Lipinski definition) is 1. The molecule has 9 heteroatoms. The number of methoxy groups -OCH3 is 1. The van der Waals surface area contributed by atoms with Gasteiger partial charge < -0.3 is 14.0 Å². The molecule has 0 aliphatic heterocycles. The minimum atomic E-state index is -4.60. The summed E-state index contributed by atoms with van der Waals surface area (Å²) in [6.07, 6.45) is -5.28. The van der Waals surface area contributed by atoms with Crippen molar-refractivity contribution >= 4 is 22.8 Å². The number of rotatable bonds is 5. The molecule has 0 bridgehead atoms. The zero-order chi connectivity index (χ0) is 17.9. The van der Waals surface area contributed by atoms with Gasteiger partial charge in [-0.15, -0.1) is 0 Å². The first kappa shape index (κ1) is 18.1. The molecular formula is C15H18F3N3O3. The Morgan fingerprint density at radius 2 is 2.12 bits per heavy atom. The predicted molar refractivity (Wildman–Crippen MR) is 82.0 cm³/mol. The SMILES string of the molecule is CCOC(=O)Nc1ccc2nc(C(F)(F)F)n([C@@H](C)COC)c2c1. The highest BCUT2D eigenvalue weighted by atomic mass is 19.4. The molecule has 0 fully saturated rings. The van der Waals surface area contributed by atoms with Gasteiger partial charge in [-0.25, -0.2) is 9.78 Å². The number of hydrogen-bond acceptors (Lipinski definition) is 4. The third kappa shape index (κ3) is 3.78. The van der Waals surface area contributed by atoms with Crippen LogP contribution in [0.5, 0.6) is 0 Å². The smallest absolute Gasteiger partial charge is 0.449 e. The summed E-state index contributed by atoms with van der Waals surface area (Å²) in [6.45, 7) is 3.53. The van der Waals surface area contributed by atoms with Crippen LogP contribution in [0.2, 0.25) is 0 Å². The number of fused-ring (bicyclic) bond motifs is 1. The van der Waals surface area contributed by atoms with Crippen LogP contribution in [0.3, 0.4) is 0 Å². The molecule has 2 rings (SSSR count). The van der Waals surface area contributed by atoms with Crippen LogP contribution in [-0.4, -0.2) is 36.0 Å². The highest BCUT2D eigenvalue weighted by molar-refractivity contribution is 5.89. The molecule has 0 spiro atoms. The minimum absolute atomic E-state index is 0.0874. The molecule has 1 atom stereocenters. The van der Waals surface area contributed by atoms with Gasteiger partial charge in [-0.05, 0) is 32.0 Å². The van der Waals surface area contributed by atoms with Crippen molar-refractivity contribution in [3.8, 4) is 0 Å². The molecule has 1 amide bonds. The van der Waals surface area contributed by atoms with E-state index in [1.165, 1.54) is 25.3 Å². The van der Waals surface area contributed by atoms with Gasteiger partial charge in [-0.2, -0.15) is 13.2 Å². The van der Waals surface area contributed by atoms with Gasteiger partial charge in [0.2, 0.25) is 5.82 Å². The lowest BCUT2D eigenvalue weighted by atomic mass is 10.2. The third-order valence-electron chi connectivity index (χ3n) is 3.31. The maximum atomic E-state index is 13.3. The van der Waals surface area contributed by atoms with Crippen molar-refractivity contribution in [2.24, 2.45) is 0 Å². The Bertz CT molecular complexity index is 728. The Kier molecular flexibility index (Phi) is 5.33. The van der Waals surface area contributed by atoms with Gasteiger partial charge in [0, 0.05) is 12.8 Å². The summed E-state index contributed by atoms with van der Waals surface area (Å²) >= 11 is 0. The van der Waals surface area contributed by atoms with Crippen LogP contribution in [0.15, 0.2) is 18.2 Å². The first-order chi connectivity index (χ1) is 11.3. The van der Waals surface area contributed by atoms with Crippen LogP contribution in [0, 0.1) is 0 Å². The number of alkyl halides is 3. The van der Waals surface area contributed by atoms with Crippen LogP contribution in [0.1, 0.15) is 25.7 Å². The van der Waals surface area contributed by atoms with Crippen molar-refractivity contribution in [2.75, 3.05) is 25.6 Å². The normalized spacial score (nSPS) is 13.1. The zero-order valence-corrected chi connectivity index (χ0v) is 13.5. The fraction of sp³-hybridized carbons (Fsp3) is 0.467. The summed E-state index contributed by atoms with van der Waals surface area (Å²) in [5, 5.41) is 2.47. The van der Waals surface area contributed by atoms with Crippen LogP contribution in [-0.2, 0) is 15.7 Å². The van der Waals surface area contributed by atoms with Crippen LogP contribution in [0.4, 0.5) is 23.7 Å². The van der Waals surface area contributed by atoms with E-state index in [9.17, 15) is 18.0 Å². The molecular weight excluding hydrogens is 327 g/mol. The molecule has 2 aromatic rings. The van der Waals surface area contributed by atoms with Crippen molar-refractivity contribution in [3.63, 3.8) is 0 Å². The Hall–Kier alpha value is -2.29. The molecule has 0 saturated heterocycles. The average Bonchev–Trinajstić information content (AvgIpc) is 2.86. The summed E-state index contributed by atoms with van der Waals surface area (Å²) < 4.78 is 50.6. The van der Waals surface area contributed by atoms with Crippen molar-refractivity contribution in [1.29, 1.82) is 0 Å². The summed E-state index contributed by atoms with van der Waals surface area (Å²) in [4.78, 5) is 15.2. The fourth-order valence-corrected chi connectivity index (χ4v) is 2.42. The van der Waals surface area contributed by atoms with E-state index in [4.69, 9.17) is 9.47 Å². The Labute approximate surface area is 136 Å². The zero-order valence-electron chi connectivity index (χ0n) is 13.5. The predicted octanol–water partition coefficient (Wildman–Crippen LogP) is 3.83. The molecule has 1 aromatic heterocycles. The van der Waals surface area contributed by atoms with E-state index >= 15 is 0 Å². The highest BCUT2D eigenvalue weighted by Crippen LogP contribution is 2.34. The number of ether oxygens (including phenoxy) is 2. The van der Waals surface area contributed by atoms with E-state index in [-0.39, 0.29) is 24.2 Å². The number of nitrogens with one attached hydrogen (secondary N) is 1. The van der Waals surface area contributed by atoms with Gasteiger partial charge in [0.25, 0.3) is 0 Å². The second-order valence-corrected chi connectivity index (χ2v) is 5.16. The van der Waals surface area contributed by atoms with Gasteiger partial charge in [-0.3, -0.25) is 5.32 Å². The molecule has 1 heterocycles. The lowest BCUT2D eigenvalue weighted by Gasteiger charge is -2.18. The highest BCUT2D eigenvalue weighted by Gasteiger charge is 2.38. The lowest BCUT2D eigenvalue weighted by molar-refractivity contribution is -0.147. The van der Waals surface area contributed by atoms with Gasteiger partial charge in [0.1, 0.15) is 0 Å². The molecule has 0 radical (unpaired) electrons. The number of nitrogens with zero attached hydrogens (tertiary/aromatic N) is 2. The van der Waals surface area contributed by atoms with E-state index in [1.54, 1.807) is 13.8 Å². The Morgan fingerprint density at radius 1 is 1.42 bits per heavy atom. The van der Waals surface area contributed by atoms with Gasteiger partial charge in [0.05, 0.1) is 30.3 Å². The van der Waals surface area contributed by atoms with E-state index in [1.807, 2.05) is 0 Å². The monoisotopic (exact) mass is 345 g/mol. The number of carbonyl (C=O) groups is 1. The lowest BCUT2D eigenvalue weighted by Crippen LogP contribution is -2.20. The molecule has 1 N–H and O–H groups in total. The maximum Gasteiger partial charge on any atom is 0.449 e. The van der Waals surface area contributed by atoms with Crippen LogP contribution in [0.25, 0.3) is 11.0 Å². The van der Waals surface area contributed by atoms with Gasteiger partial charge in [0.15, 0.2) is 0 Å². The topological polar surface area (TPSA) is 65.4 Å². The minimum Gasteiger partial charge on any atom is -0.450 e. The van der Waals surface area contributed by atoms with Crippen molar-refractivity contribution in [3.05, 3.63) is 24.0 Å². The summed E-state index contributed by atoms with van der Waals surface area (Å²) in [7, 11) is 1.41. The van der Waals surface area contributed by atoms with E-state index in [0.29, 0.717) is 5.69 Å². The first-order valence-electron chi connectivity index (χ1n) is 7.29. The number of aromatic nitrogens is 2. The molecule has 24 heavy (non-hydrogen) atoms. The number of halogens is 3. The van der Waals surface area contributed by atoms with E-state index in [2.05, 4.69) is 10.3 Å². The van der Waals surface area contributed by atoms with Crippen molar-refractivity contribution in [1.82, 2.24) is 9.55 Å². The average molecular weight is 345 g/mol. The molecule has 0 aliphatic rings. The van der Waals surface area contributed by atoms with Crippen molar-refractivity contribution < 1.29 is 27.4 Å². The summed E-state index contributed by atoms with van der Waals surface area (Å²) in [5.74, 6) is -1.00. The van der Waals surface area contributed by atoms with Gasteiger partial charge in [-0.1, -0.05) is 0 Å². The number of carbonyl (C=O) groups excluding carboxylic acids is 1.